The van der Waals surface area contributed by atoms with Gasteiger partial charge in [-0.15, -0.1) is 11.3 Å². The van der Waals surface area contributed by atoms with Gasteiger partial charge < -0.3 is 0 Å². The maximum absolute atomic E-state index is 9.88. The van der Waals surface area contributed by atoms with Crippen molar-refractivity contribution < 1.29 is 4.79 Å². The molecule has 2 heteroatoms. The summed E-state index contributed by atoms with van der Waals surface area (Å²) in [7, 11) is 0. The average Bonchev–Trinajstić information content (AvgIpc) is 2.81. The highest BCUT2D eigenvalue weighted by Crippen LogP contribution is 2.15. The quantitative estimate of drug-likeness (QED) is 0.607. The molecule has 0 aromatic carbocycles. The molecule has 0 amide bonds. The molecule has 0 atom stereocenters. The van der Waals surface area contributed by atoms with Gasteiger partial charge in [-0.2, -0.15) is 0 Å². The van der Waals surface area contributed by atoms with E-state index in [-0.39, 0.29) is 0 Å². The third-order valence-electron chi connectivity index (χ3n) is 1.91. The van der Waals surface area contributed by atoms with Crippen LogP contribution in [0, 0.1) is 0 Å². The number of rotatable bonds is 1. The summed E-state index contributed by atoms with van der Waals surface area (Å²) in [6.45, 7) is 0. The molecule has 1 heterocycles. The van der Waals surface area contributed by atoms with E-state index in [9.17, 15) is 4.79 Å². The van der Waals surface area contributed by atoms with E-state index in [1.165, 1.54) is 43.4 Å². The van der Waals surface area contributed by atoms with Gasteiger partial charge in [0.05, 0.1) is 4.88 Å². The standard InChI is InChI=1S/C5H4OS.C5H10/c6-4-5-2-1-3-7-5;1-2-4-5-3-1/h1-4H;1-5H2. The summed E-state index contributed by atoms with van der Waals surface area (Å²) in [4.78, 5) is 10.7. The van der Waals surface area contributed by atoms with E-state index in [1.807, 2.05) is 11.4 Å². The molecule has 0 radical (unpaired) electrons. The van der Waals surface area contributed by atoms with Crippen LogP contribution in [0.3, 0.4) is 0 Å². The smallest absolute Gasteiger partial charge is 0.159 e. The van der Waals surface area contributed by atoms with Crippen molar-refractivity contribution in [2.24, 2.45) is 0 Å². The minimum atomic E-state index is 0.792. The van der Waals surface area contributed by atoms with Crippen molar-refractivity contribution in [3.05, 3.63) is 22.4 Å². The lowest BCUT2D eigenvalue weighted by Crippen LogP contribution is -1.61. The van der Waals surface area contributed by atoms with Crippen LogP contribution < -0.4 is 0 Å². The molecule has 1 aromatic rings. The van der Waals surface area contributed by atoms with Gasteiger partial charge in [0.15, 0.2) is 6.29 Å². The van der Waals surface area contributed by atoms with Crippen molar-refractivity contribution in [3.8, 4) is 0 Å². The van der Waals surface area contributed by atoms with E-state index in [1.54, 1.807) is 6.07 Å². The second-order valence-corrected chi connectivity index (χ2v) is 3.88. The molecule has 0 aliphatic heterocycles. The van der Waals surface area contributed by atoms with E-state index in [4.69, 9.17) is 0 Å². The number of aldehydes is 1. The van der Waals surface area contributed by atoms with Gasteiger partial charge in [-0.3, -0.25) is 4.79 Å². The zero-order valence-corrected chi connectivity index (χ0v) is 7.98. The fourth-order valence-electron chi connectivity index (χ4n) is 1.24. The summed E-state index contributed by atoms with van der Waals surface area (Å²) < 4.78 is 0. The zero-order valence-electron chi connectivity index (χ0n) is 7.16. The minimum Gasteiger partial charge on any atom is -0.297 e. The fraction of sp³-hybridized carbons (Fsp3) is 0.500. The number of hydrogen-bond donors (Lipinski definition) is 0. The van der Waals surface area contributed by atoms with Crippen LogP contribution in [-0.4, -0.2) is 6.29 Å². The molecular formula is C10H14OS. The summed E-state index contributed by atoms with van der Waals surface area (Å²) in [5.41, 5.74) is 0. The molecule has 66 valence electrons. The third-order valence-corrected chi connectivity index (χ3v) is 2.71. The molecule has 12 heavy (non-hydrogen) atoms. The third kappa shape index (κ3) is 3.67. The lowest BCUT2D eigenvalue weighted by molar-refractivity contribution is 0.112. The van der Waals surface area contributed by atoms with E-state index < -0.39 is 0 Å². The first-order chi connectivity index (χ1) is 5.93. The molecule has 0 N–H and O–H groups in total. The summed E-state index contributed by atoms with van der Waals surface area (Å²) >= 11 is 1.45. The molecule has 0 unspecified atom stereocenters. The molecule has 2 rings (SSSR count). The Bertz CT molecular complexity index is 192. The Hall–Kier alpha value is -0.630. The van der Waals surface area contributed by atoms with Crippen LogP contribution in [0.5, 0.6) is 0 Å². The molecule has 1 fully saturated rings. The Morgan fingerprint density at radius 2 is 1.75 bits per heavy atom. The van der Waals surface area contributed by atoms with Crippen molar-refractivity contribution in [1.29, 1.82) is 0 Å². The highest BCUT2D eigenvalue weighted by atomic mass is 32.1. The SMILES string of the molecule is C1CCCC1.O=Cc1cccs1. The summed E-state index contributed by atoms with van der Waals surface area (Å²) in [5, 5.41) is 1.88. The first-order valence-corrected chi connectivity index (χ1v) is 5.30. The Balaban J connectivity index is 0.000000127. The topological polar surface area (TPSA) is 17.1 Å². The van der Waals surface area contributed by atoms with Gasteiger partial charge in [-0.05, 0) is 11.4 Å². The normalized spacial score (nSPS) is 15.0. The number of carbonyl (C=O) groups is 1. The van der Waals surface area contributed by atoms with Crippen LogP contribution in [0.1, 0.15) is 41.8 Å². The van der Waals surface area contributed by atoms with E-state index in [2.05, 4.69) is 0 Å². The van der Waals surface area contributed by atoms with Crippen LogP contribution in [0.25, 0.3) is 0 Å². The zero-order chi connectivity index (χ0) is 8.65. The first kappa shape index (κ1) is 9.46. The van der Waals surface area contributed by atoms with Gasteiger partial charge in [-0.25, -0.2) is 0 Å². The second-order valence-electron chi connectivity index (χ2n) is 2.90. The molecule has 1 aliphatic carbocycles. The number of hydrogen-bond acceptors (Lipinski definition) is 2. The number of carbonyl (C=O) groups excluding carboxylic acids is 1. The van der Waals surface area contributed by atoms with Crippen molar-refractivity contribution in [3.63, 3.8) is 0 Å². The van der Waals surface area contributed by atoms with Crippen molar-refractivity contribution in [2.45, 2.75) is 32.1 Å². The molecule has 1 aromatic heterocycles. The maximum Gasteiger partial charge on any atom is 0.159 e. The highest BCUT2D eigenvalue weighted by Gasteiger charge is 1.95. The molecule has 0 bridgehead atoms. The first-order valence-electron chi connectivity index (χ1n) is 4.42. The van der Waals surface area contributed by atoms with Gasteiger partial charge in [0, 0.05) is 0 Å². The van der Waals surface area contributed by atoms with Crippen molar-refractivity contribution in [2.75, 3.05) is 0 Å². The van der Waals surface area contributed by atoms with Crippen LogP contribution in [0.4, 0.5) is 0 Å². The highest BCUT2D eigenvalue weighted by molar-refractivity contribution is 7.11. The molecule has 0 spiro atoms. The largest absolute Gasteiger partial charge is 0.297 e. The van der Waals surface area contributed by atoms with Gasteiger partial charge in [0.25, 0.3) is 0 Å². The molecule has 1 nitrogen and oxygen atoms in total. The average molecular weight is 182 g/mol. The van der Waals surface area contributed by atoms with Crippen molar-refractivity contribution in [1.82, 2.24) is 0 Å². The summed E-state index contributed by atoms with van der Waals surface area (Å²) in [6, 6.07) is 3.64. The molecule has 1 aliphatic rings. The fourth-order valence-corrected chi connectivity index (χ4v) is 1.77. The van der Waals surface area contributed by atoms with Gasteiger partial charge in [0.2, 0.25) is 0 Å². The lowest BCUT2D eigenvalue weighted by Gasteiger charge is -1.67. The van der Waals surface area contributed by atoms with Gasteiger partial charge in [-0.1, -0.05) is 38.2 Å². The Labute approximate surface area is 77.4 Å². The minimum absolute atomic E-state index is 0.792. The van der Waals surface area contributed by atoms with E-state index >= 15 is 0 Å². The summed E-state index contributed by atoms with van der Waals surface area (Å²) in [5.74, 6) is 0. The van der Waals surface area contributed by atoms with Gasteiger partial charge in [0.1, 0.15) is 0 Å². The molecule has 1 saturated carbocycles. The predicted octanol–water partition coefficient (Wildman–Crippen LogP) is 3.51. The molecule has 0 saturated heterocycles. The summed E-state index contributed by atoms with van der Waals surface area (Å²) in [6.07, 6.45) is 8.35. The van der Waals surface area contributed by atoms with Crippen molar-refractivity contribution >= 4 is 17.6 Å². The maximum atomic E-state index is 9.88. The van der Waals surface area contributed by atoms with E-state index in [0.29, 0.717) is 0 Å². The lowest BCUT2D eigenvalue weighted by atomic mass is 10.4. The molecular weight excluding hydrogens is 168 g/mol. The Morgan fingerprint density at radius 3 is 2.00 bits per heavy atom. The second kappa shape index (κ2) is 5.95. The van der Waals surface area contributed by atoms with E-state index in [0.717, 1.165) is 11.2 Å². The number of thiophene rings is 1. The van der Waals surface area contributed by atoms with Gasteiger partial charge >= 0.3 is 0 Å². The Morgan fingerprint density at radius 1 is 1.17 bits per heavy atom. The van der Waals surface area contributed by atoms with Crippen LogP contribution >= 0.6 is 11.3 Å². The van der Waals surface area contributed by atoms with Crippen LogP contribution in [-0.2, 0) is 0 Å². The van der Waals surface area contributed by atoms with Crippen LogP contribution in [0.2, 0.25) is 0 Å². The van der Waals surface area contributed by atoms with Crippen LogP contribution in [0.15, 0.2) is 17.5 Å². The monoisotopic (exact) mass is 182 g/mol. The predicted molar refractivity (Wildman–Crippen MR) is 52.8 cm³/mol. The Kier molecular flexibility index (Phi) is 4.69.